The first-order valence-corrected chi connectivity index (χ1v) is 8.73. The van der Waals surface area contributed by atoms with Crippen LogP contribution >= 0.6 is 34.7 Å². The van der Waals surface area contributed by atoms with E-state index in [1.165, 1.54) is 16.2 Å². The Balaban J connectivity index is 1.90. The van der Waals surface area contributed by atoms with Crippen molar-refractivity contribution >= 4 is 40.6 Å². The van der Waals surface area contributed by atoms with Gasteiger partial charge in [0, 0.05) is 17.2 Å². The van der Waals surface area contributed by atoms with Gasteiger partial charge in [0.05, 0.1) is 10.3 Å². The van der Waals surface area contributed by atoms with Crippen LogP contribution in [0.5, 0.6) is 0 Å². The lowest BCUT2D eigenvalue weighted by Gasteiger charge is -2.08. The van der Waals surface area contributed by atoms with Crippen LogP contribution in [0.4, 0.5) is 0 Å². The minimum atomic E-state index is 0.0288. The fourth-order valence-corrected chi connectivity index (χ4v) is 4.55. The van der Waals surface area contributed by atoms with E-state index in [9.17, 15) is 4.79 Å². The van der Waals surface area contributed by atoms with Crippen molar-refractivity contribution in [3.63, 3.8) is 0 Å². The number of carbonyl (C=O) groups excluding carboxylic acids is 1. The number of rotatable bonds is 5. The van der Waals surface area contributed by atoms with Crippen molar-refractivity contribution in [2.45, 2.75) is 37.3 Å². The molecule has 2 heterocycles. The first-order valence-electron chi connectivity index (χ1n) is 6.32. The summed E-state index contributed by atoms with van der Waals surface area (Å²) in [5.74, 6) is 2.25. The Kier molecular flexibility index (Phi) is 5.39. The zero-order valence-corrected chi connectivity index (χ0v) is 12.9. The van der Waals surface area contributed by atoms with Gasteiger partial charge < -0.3 is 5.32 Å². The Bertz CT molecular complexity index is 396. The lowest BCUT2D eigenvalue weighted by molar-refractivity contribution is 0.0957. The Morgan fingerprint density at radius 2 is 2.44 bits per heavy atom. The summed E-state index contributed by atoms with van der Waals surface area (Å²) in [6.45, 7) is 2.66. The number of thiophene rings is 1. The van der Waals surface area contributed by atoms with Gasteiger partial charge in [-0.15, -0.1) is 22.9 Å². The zero-order chi connectivity index (χ0) is 13.0. The van der Waals surface area contributed by atoms with Crippen LogP contribution in [0.15, 0.2) is 6.07 Å². The average Bonchev–Trinajstić information content (AvgIpc) is 2.80. The van der Waals surface area contributed by atoms with Crippen molar-refractivity contribution in [1.29, 1.82) is 0 Å². The van der Waals surface area contributed by atoms with Crippen molar-refractivity contribution < 1.29 is 4.79 Å². The molecule has 2 rings (SSSR count). The monoisotopic (exact) mass is 303 g/mol. The van der Waals surface area contributed by atoms with Gasteiger partial charge in [0.2, 0.25) is 0 Å². The van der Waals surface area contributed by atoms with E-state index < -0.39 is 0 Å². The van der Waals surface area contributed by atoms with Crippen LogP contribution in [0.25, 0.3) is 0 Å². The highest BCUT2D eigenvalue weighted by Crippen LogP contribution is 2.31. The number of amides is 1. The Morgan fingerprint density at radius 1 is 1.61 bits per heavy atom. The molecule has 0 aromatic carbocycles. The Morgan fingerprint density at radius 3 is 3.17 bits per heavy atom. The fraction of sp³-hybridized carbons (Fsp3) is 0.615. The van der Waals surface area contributed by atoms with E-state index >= 15 is 0 Å². The van der Waals surface area contributed by atoms with Crippen LogP contribution in [-0.2, 0) is 12.2 Å². The molecular weight excluding hydrogens is 286 g/mol. The highest BCUT2D eigenvalue weighted by Gasteiger charge is 2.17. The van der Waals surface area contributed by atoms with E-state index in [1.807, 2.05) is 17.8 Å². The maximum Gasteiger partial charge on any atom is 0.261 e. The van der Waals surface area contributed by atoms with E-state index in [0.717, 1.165) is 29.9 Å². The average molecular weight is 304 g/mol. The lowest BCUT2D eigenvalue weighted by atomic mass is 10.2. The minimum absolute atomic E-state index is 0.0288. The second-order valence-corrected chi connectivity index (χ2v) is 7.32. The molecule has 0 aliphatic carbocycles. The second-order valence-electron chi connectivity index (χ2n) is 4.46. The van der Waals surface area contributed by atoms with Crippen LogP contribution < -0.4 is 5.32 Å². The molecule has 1 atom stereocenters. The first-order chi connectivity index (χ1) is 8.70. The highest BCUT2D eigenvalue weighted by molar-refractivity contribution is 7.98. The molecular formula is C13H18ClNOS2. The second kappa shape index (κ2) is 6.83. The lowest BCUT2D eigenvalue weighted by Crippen LogP contribution is -2.29. The van der Waals surface area contributed by atoms with Crippen molar-refractivity contribution in [2.24, 2.45) is 0 Å². The maximum atomic E-state index is 12.0. The van der Waals surface area contributed by atoms with E-state index in [1.54, 1.807) is 11.3 Å². The molecule has 1 aliphatic heterocycles. The van der Waals surface area contributed by atoms with Gasteiger partial charge in [0.25, 0.3) is 5.91 Å². The molecule has 1 unspecified atom stereocenters. The number of thioether (sulfide) groups is 1. The number of nitrogens with one attached hydrogen (secondary N) is 1. The highest BCUT2D eigenvalue weighted by atomic mass is 35.5. The number of alkyl halides is 1. The number of aryl methyl sites for hydroxylation is 1. The molecule has 1 aliphatic rings. The normalized spacial score (nSPS) is 16.1. The van der Waals surface area contributed by atoms with Gasteiger partial charge in [0.15, 0.2) is 0 Å². The Hall–Kier alpha value is -0.190. The number of hydrogen-bond acceptors (Lipinski definition) is 3. The van der Waals surface area contributed by atoms with E-state index in [-0.39, 0.29) is 11.3 Å². The predicted octanol–water partition coefficient (Wildman–Crippen LogP) is 3.67. The van der Waals surface area contributed by atoms with Gasteiger partial charge in [-0.2, -0.15) is 11.8 Å². The summed E-state index contributed by atoms with van der Waals surface area (Å²) < 4.78 is 0. The summed E-state index contributed by atoms with van der Waals surface area (Å²) in [6.07, 6.45) is 3.10. The van der Waals surface area contributed by atoms with Crippen LogP contribution in [0, 0.1) is 0 Å². The summed E-state index contributed by atoms with van der Waals surface area (Å²) >= 11 is 9.68. The standard InChI is InChI=1S/C13H18ClNOS2/c1-2-3-10(14)7-15-13(16)12-6-9-8-17-5-4-11(9)18-12/h6,10H,2-5,7-8H2,1H3,(H,15,16). The van der Waals surface area contributed by atoms with Crippen LogP contribution in [0.2, 0.25) is 0 Å². The molecule has 1 N–H and O–H groups in total. The number of carbonyl (C=O) groups is 1. The molecule has 18 heavy (non-hydrogen) atoms. The smallest absolute Gasteiger partial charge is 0.261 e. The minimum Gasteiger partial charge on any atom is -0.350 e. The van der Waals surface area contributed by atoms with Gasteiger partial charge in [-0.25, -0.2) is 0 Å². The maximum absolute atomic E-state index is 12.0. The summed E-state index contributed by atoms with van der Waals surface area (Å²) in [5.41, 5.74) is 1.34. The number of halogens is 1. The van der Waals surface area contributed by atoms with Gasteiger partial charge in [0.1, 0.15) is 0 Å². The molecule has 2 nitrogen and oxygen atoms in total. The fourth-order valence-electron chi connectivity index (χ4n) is 1.96. The summed E-state index contributed by atoms with van der Waals surface area (Å²) in [4.78, 5) is 14.2. The van der Waals surface area contributed by atoms with Crippen LogP contribution in [-0.4, -0.2) is 23.6 Å². The predicted molar refractivity (Wildman–Crippen MR) is 81.1 cm³/mol. The van der Waals surface area contributed by atoms with Gasteiger partial charge in [-0.3, -0.25) is 4.79 Å². The van der Waals surface area contributed by atoms with E-state index in [2.05, 4.69) is 12.2 Å². The quantitative estimate of drug-likeness (QED) is 0.841. The summed E-state index contributed by atoms with van der Waals surface area (Å²) in [6, 6.07) is 2.05. The summed E-state index contributed by atoms with van der Waals surface area (Å²) in [7, 11) is 0. The summed E-state index contributed by atoms with van der Waals surface area (Å²) in [5, 5.41) is 2.97. The van der Waals surface area contributed by atoms with Gasteiger partial charge in [-0.05, 0) is 30.2 Å². The number of fused-ring (bicyclic) bond motifs is 1. The number of hydrogen-bond donors (Lipinski definition) is 1. The third-order valence-corrected chi connectivity index (χ3v) is 5.55. The van der Waals surface area contributed by atoms with Crippen molar-refractivity contribution in [3.8, 4) is 0 Å². The first kappa shape index (κ1) is 14.2. The zero-order valence-electron chi connectivity index (χ0n) is 10.5. The molecule has 0 saturated carbocycles. The van der Waals surface area contributed by atoms with Crippen molar-refractivity contribution in [3.05, 3.63) is 21.4 Å². The molecule has 100 valence electrons. The molecule has 0 fully saturated rings. The molecule has 0 saturated heterocycles. The topological polar surface area (TPSA) is 29.1 Å². The molecule has 0 radical (unpaired) electrons. The third kappa shape index (κ3) is 3.65. The van der Waals surface area contributed by atoms with Crippen molar-refractivity contribution in [2.75, 3.05) is 12.3 Å². The van der Waals surface area contributed by atoms with Gasteiger partial charge >= 0.3 is 0 Å². The largest absolute Gasteiger partial charge is 0.350 e. The third-order valence-electron chi connectivity index (χ3n) is 2.94. The van der Waals surface area contributed by atoms with E-state index in [0.29, 0.717) is 6.54 Å². The van der Waals surface area contributed by atoms with Gasteiger partial charge in [-0.1, -0.05) is 13.3 Å². The van der Waals surface area contributed by atoms with Crippen molar-refractivity contribution in [1.82, 2.24) is 5.32 Å². The SMILES string of the molecule is CCCC(Cl)CNC(=O)c1cc2c(s1)CCSC2. The molecule has 1 aromatic rings. The molecule has 5 heteroatoms. The molecule has 0 spiro atoms. The Labute approximate surface area is 121 Å². The van der Waals surface area contributed by atoms with Crippen LogP contribution in [0.3, 0.4) is 0 Å². The molecule has 1 amide bonds. The van der Waals surface area contributed by atoms with Crippen LogP contribution in [0.1, 0.15) is 39.9 Å². The molecule has 0 bridgehead atoms. The molecule has 1 aromatic heterocycles. The van der Waals surface area contributed by atoms with E-state index in [4.69, 9.17) is 11.6 Å².